The molecule has 0 atom stereocenters. The topological polar surface area (TPSA) is 138 Å². The first-order valence-electron chi connectivity index (χ1n) is 12.9. The zero-order valence-corrected chi connectivity index (χ0v) is 24.1. The number of halogens is 2. The molecular formula is C28H33ClFN7O4. The minimum atomic E-state index is -0.694. The molecule has 41 heavy (non-hydrogen) atoms. The summed E-state index contributed by atoms with van der Waals surface area (Å²) >= 11 is 6.00. The number of nitrogens with zero attached hydrogens (tertiary/aromatic N) is 4. The van der Waals surface area contributed by atoms with Crippen molar-refractivity contribution in [3.8, 4) is 11.3 Å². The van der Waals surface area contributed by atoms with Gasteiger partial charge in [0.15, 0.2) is 0 Å². The molecule has 0 aliphatic carbocycles. The van der Waals surface area contributed by atoms with Gasteiger partial charge in [0.1, 0.15) is 17.2 Å². The van der Waals surface area contributed by atoms with Crippen molar-refractivity contribution < 1.29 is 23.5 Å². The molecule has 0 saturated carbocycles. The Bertz CT molecular complexity index is 1380. The maximum atomic E-state index is 14.3. The molecule has 218 valence electrons. The van der Waals surface area contributed by atoms with E-state index in [1.54, 1.807) is 39.0 Å². The van der Waals surface area contributed by atoms with Gasteiger partial charge in [0.2, 0.25) is 11.8 Å². The van der Waals surface area contributed by atoms with Gasteiger partial charge in [-0.05, 0) is 57.5 Å². The molecular weight excluding hydrogens is 553 g/mol. The van der Waals surface area contributed by atoms with Gasteiger partial charge >= 0.3 is 6.09 Å². The van der Waals surface area contributed by atoms with Crippen LogP contribution in [0.5, 0.6) is 0 Å². The molecule has 0 radical (unpaired) electrons. The first-order valence-corrected chi connectivity index (χ1v) is 13.3. The molecule has 11 nitrogen and oxygen atoms in total. The summed E-state index contributed by atoms with van der Waals surface area (Å²) in [5.74, 6) is -0.701. The predicted octanol–water partition coefficient (Wildman–Crippen LogP) is 5.17. The fourth-order valence-corrected chi connectivity index (χ4v) is 3.77. The summed E-state index contributed by atoms with van der Waals surface area (Å²) in [6.45, 7) is 7.52. The van der Waals surface area contributed by atoms with Crippen molar-refractivity contribution in [2.24, 2.45) is 0 Å². The Kier molecular flexibility index (Phi) is 10.9. The van der Waals surface area contributed by atoms with Crippen LogP contribution in [0.4, 0.5) is 26.4 Å². The van der Waals surface area contributed by atoms with Crippen LogP contribution >= 0.6 is 11.6 Å². The number of hydrogen-bond acceptors (Lipinski definition) is 8. The summed E-state index contributed by atoms with van der Waals surface area (Å²) in [5, 5.41) is 16.9. The number of benzene rings is 1. The lowest BCUT2D eigenvalue weighted by molar-refractivity contribution is -0.119. The summed E-state index contributed by atoms with van der Waals surface area (Å²) in [7, 11) is 0. The van der Waals surface area contributed by atoms with Crippen molar-refractivity contribution in [2.45, 2.75) is 46.1 Å². The van der Waals surface area contributed by atoms with Gasteiger partial charge in [-0.25, -0.2) is 14.2 Å². The second kappa shape index (κ2) is 14.4. The van der Waals surface area contributed by atoms with E-state index < -0.39 is 17.5 Å². The van der Waals surface area contributed by atoms with Gasteiger partial charge in [-0.1, -0.05) is 11.6 Å². The van der Waals surface area contributed by atoms with Crippen LogP contribution in [-0.4, -0.2) is 63.2 Å². The normalized spacial score (nSPS) is 11.0. The Morgan fingerprint density at radius 3 is 2.59 bits per heavy atom. The number of pyridine rings is 1. The highest BCUT2D eigenvalue weighted by atomic mass is 35.5. The van der Waals surface area contributed by atoms with Crippen molar-refractivity contribution in [1.29, 1.82) is 0 Å². The van der Waals surface area contributed by atoms with E-state index in [-0.39, 0.29) is 36.2 Å². The van der Waals surface area contributed by atoms with Crippen LogP contribution in [0, 0.1) is 5.82 Å². The van der Waals surface area contributed by atoms with E-state index in [4.69, 9.17) is 16.3 Å². The lowest BCUT2D eigenvalue weighted by Crippen LogP contribution is -2.40. The molecule has 0 spiro atoms. The smallest absolute Gasteiger partial charge is 0.410 e. The van der Waals surface area contributed by atoms with Gasteiger partial charge < -0.3 is 25.6 Å². The van der Waals surface area contributed by atoms with E-state index >= 15 is 0 Å². The van der Waals surface area contributed by atoms with E-state index in [2.05, 4.69) is 31.1 Å². The van der Waals surface area contributed by atoms with Crippen LogP contribution in [0.3, 0.4) is 0 Å². The first-order chi connectivity index (χ1) is 19.4. The van der Waals surface area contributed by atoms with E-state index in [1.165, 1.54) is 42.4 Å². The summed E-state index contributed by atoms with van der Waals surface area (Å²) in [4.78, 5) is 42.1. The molecule has 0 unspecified atom stereocenters. The van der Waals surface area contributed by atoms with E-state index in [1.807, 2.05) is 0 Å². The third-order valence-electron chi connectivity index (χ3n) is 5.41. The molecule has 0 bridgehead atoms. The highest BCUT2D eigenvalue weighted by Crippen LogP contribution is 2.27. The zero-order valence-electron chi connectivity index (χ0n) is 23.3. The minimum absolute atomic E-state index is 0.00154. The molecule has 3 aromatic rings. The van der Waals surface area contributed by atoms with Crippen LogP contribution in [-0.2, 0) is 14.3 Å². The molecule has 13 heteroatoms. The van der Waals surface area contributed by atoms with Crippen molar-refractivity contribution in [2.75, 3.05) is 30.3 Å². The number of rotatable bonds is 11. The van der Waals surface area contributed by atoms with Gasteiger partial charge in [-0.2, -0.15) is 10.2 Å². The molecule has 0 aliphatic heterocycles. The first kappa shape index (κ1) is 31.2. The van der Waals surface area contributed by atoms with E-state index in [0.717, 1.165) is 0 Å². The van der Waals surface area contributed by atoms with E-state index in [9.17, 15) is 18.8 Å². The Morgan fingerprint density at radius 2 is 1.85 bits per heavy atom. The highest BCUT2D eigenvalue weighted by Gasteiger charge is 2.22. The van der Waals surface area contributed by atoms with Gasteiger partial charge in [-0.3, -0.25) is 9.59 Å². The van der Waals surface area contributed by atoms with Gasteiger partial charge in [0.25, 0.3) is 0 Å². The molecule has 0 fully saturated rings. The SMILES string of the molecule is CC(=O)NCCCN(CCC(=O)Nc1cc(Nc2cnnc(-c3cc(Cl)ccc3F)c2)ccn1)C(=O)OC(C)(C)C. The lowest BCUT2D eigenvalue weighted by Gasteiger charge is -2.27. The van der Waals surface area contributed by atoms with Crippen LogP contribution < -0.4 is 16.0 Å². The Labute approximate surface area is 242 Å². The third-order valence-corrected chi connectivity index (χ3v) is 5.65. The average Bonchev–Trinajstić information content (AvgIpc) is 2.88. The fraction of sp³-hybridized carbons (Fsp3) is 0.357. The maximum Gasteiger partial charge on any atom is 0.410 e. The minimum Gasteiger partial charge on any atom is -0.444 e. The maximum absolute atomic E-state index is 14.3. The van der Waals surface area contributed by atoms with Crippen molar-refractivity contribution in [1.82, 2.24) is 25.4 Å². The number of ether oxygens (including phenoxy) is 1. The Hall–Kier alpha value is -4.32. The predicted molar refractivity (Wildman–Crippen MR) is 154 cm³/mol. The second-order valence-electron chi connectivity index (χ2n) is 10.1. The summed E-state index contributed by atoms with van der Waals surface area (Å²) in [6.07, 6.45) is 2.95. The lowest BCUT2D eigenvalue weighted by atomic mass is 10.1. The Morgan fingerprint density at radius 1 is 1.07 bits per heavy atom. The van der Waals surface area contributed by atoms with Crippen LogP contribution in [0.25, 0.3) is 11.3 Å². The monoisotopic (exact) mass is 585 g/mol. The highest BCUT2D eigenvalue weighted by molar-refractivity contribution is 6.30. The van der Waals surface area contributed by atoms with Crippen LogP contribution in [0.15, 0.2) is 48.8 Å². The molecule has 2 heterocycles. The average molecular weight is 586 g/mol. The molecule has 0 aliphatic rings. The zero-order chi connectivity index (χ0) is 30.0. The van der Waals surface area contributed by atoms with Crippen LogP contribution in [0.1, 0.15) is 40.5 Å². The summed E-state index contributed by atoms with van der Waals surface area (Å²) in [5.41, 5.74) is 0.940. The molecule has 0 saturated heterocycles. The summed E-state index contributed by atoms with van der Waals surface area (Å²) < 4.78 is 19.7. The molecule has 3 N–H and O–H groups in total. The van der Waals surface area contributed by atoms with Crippen molar-refractivity contribution >= 4 is 46.7 Å². The van der Waals surface area contributed by atoms with Crippen molar-refractivity contribution in [3.05, 3.63) is 59.6 Å². The molecule has 3 amide bonds. The van der Waals surface area contributed by atoms with Gasteiger partial charge in [0, 0.05) is 61.5 Å². The number of nitrogens with one attached hydrogen (secondary N) is 3. The Balaban J connectivity index is 1.61. The standard InChI is InChI=1S/C28H33ClFN7O4/c1-18(38)31-10-5-12-37(27(40)41-28(2,3)4)13-9-26(39)35-25-16-20(8-11-32-25)34-21-15-24(36-33-17-21)22-14-19(29)6-7-23(22)30/h6-8,11,14-17H,5,9-10,12-13H2,1-4H3,(H,31,38)(H2,32,34,35,36,39). The molecule has 1 aromatic carbocycles. The second-order valence-corrected chi connectivity index (χ2v) is 10.5. The number of anilines is 3. The summed E-state index contributed by atoms with van der Waals surface area (Å²) in [6, 6.07) is 9.11. The van der Waals surface area contributed by atoms with Crippen LogP contribution in [0.2, 0.25) is 5.02 Å². The number of amides is 3. The van der Waals surface area contributed by atoms with Gasteiger partial charge in [-0.15, -0.1) is 0 Å². The third kappa shape index (κ3) is 10.6. The quantitative estimate of drug-likeness (QED) is 0.262. The van der Waals surface area contributed by atoms with Crippen molar-refractivity contribution in [3.63, 3.8) is 0 Å². The van der Waals surface area contributed by atoms with Gasteiger partial charge in [0.05, 0.1) is 17.6 Å². The number of carbonyl (C=O) groups excluding carboxylic acids is 3. The van der Waals surface area contributed by atoms with E-state index in [0.29, 0.717) is 41.6 Å². The fourth-order valence-electron chi connectivity index (χ4n) is 3.60. The molecule has 3 rings (SSSR count). The molecule has 2 aromatic heterocycles. The number of hydrogen-bond donors (Lipinski definition) is 3. The number of carbonyl (C=O) groups is 3. The largest absolute Gasteiger partial charge is 0.444 e. The number of aromatic nitrogens is 3.